The Morgan fingerprint density at radius 1 is 0.952 bits per heavy atom. The summed E-state index contributed by atoms with van der Waals surface area (Å²) in [6, 6.07) is 8.24. The van der Waals surface area contributed by atoms with Crippen LogP contribution < -0.4 is 14.2 Å². The second-order valence-electron chi connectivity index (χ2n) is 4.19. The van der Waals surface area contributed by atoms with E-state index in [1.807, 2.05) is 0 Å². The summed E-state index contributed by atoms with van der Waals surface area (Å²) < 4.78 is 16.0. The highest BCUT2D eigenvalue weighted by Crippen LogP contribution is 2.45. The van der Waals surface area contributed by atoms with Crippen molar-refractivity contribution >= 4 is 5.69 Å². The molecule has 0 fully saturated rings. The minimum absolute atomic E-state index is 0.0955. The number of phenolic OH excluding ortho intramolecular Hbond substituents is 1. The van der Waals surface area contributed by atoms with Crippen LogP contribution in [0.4, 0.5) is 5.69 Å². The molecule has 0 spiro atoms. The third-order valence-corrected chi connectivity index (χ3v) is 3.10. The molecule has 0 amide bonds. The van der Waals surface area contributed by atoms with Gasteiger partial charge in [-0.25, -0.2) is 0 Å². The zero-order chi connectivity index (χ0) is 15.4. The number of benzene rings is 2. The monoisotopic (exact) mass is 287 g/mol. The van der Waals surface area contributed by atoms with Gasteiger partial charge in [0.1, 0.15) is 0 Å². The van der Waals surface area contributed by atoms with Crippen LogP contribution in [-0.4, -0.2) is 26.4 Å². The Morgan fingerprint density at radius 2 is 1.67 bits per heavy atom. The maximum Gasteiger partial charge on any atom is 0.426 e. The molecule has 6 nitrogen and oxygen atoms in total. The maximum atomic E-state index is 9.79. The fourth-order valence-electron chi connectivity index (χ4n) is 2.10. The smallest absolute Gasteiger partial charge is 0.426 e. The van der Waals surface area contributed by atoms with E-state index in [4.69, 9.17) is 19.6 Å². The number of phenols is 1. The average Bonchev–Trinajstić information content (AvgIpc) is 2.52. The first-order chi connectivity index (χ1) is 10.2. The van der Waals surface area contributed by atoms with E-state index >= 15 is 0 Å². The van der Waals surface area contributed by atoms with Crippen molar-refractivity contribution in [2.75, 3.05) is 21.3 Å². The Balaban J connectivity index is 2.64. The van der Waals surface area contributed by atoms with Crippen molar-refractivity contribution in [3.8, 4) is 34.1 Å². The van der Waals surface area contributed by atoms with E-state index in [1.54, 1.807) is 25.3 Å². The molecule has 21 heavy (non-hydrogen) atoms. The number of nitrogens with zero attached hydrogens (tertiary/aromatic N) is 2. The molecule has 0 aliphatic carbocycles. The van der Waals surface area contributed by atoms with E-state index < -0.39 is 0 Å². The number of hydrogen-bond donors (Lipinski definition) is 1. The highest BCUT2D eigenvalue weighted by molar-refractivity contribution is 5.79. The van der Waals surface area contributed by atoms with Gasteiger partial charge in [0.15, 0.2) is 16.5 Å². The van der Waals surface area contributed by atoms with E-state index in [-0.39, 0.29) is 11.4 Å². The maximum absolute atomic E-state index is 9.79. The first kappa shape index (κ1) is 14.5. The Kier molecular flexibility index (Phi) is 4.14. The molecular formula is C15H15N2O4+. The molecule has 2 aromatic carbocycles. The summed E-state index contributed by atoms with van der Waals surface area (Å²) in [7, 11) is 4.59. The quantitative estimate of drug-likeness (QED) is 0.870. The Bertz CT molecular complexity index is 708. The number of aromatic hydroxyl groups is 1. The Hall–Kier alpha value is -2.94. The molecule has 2 rings (SSSR count). The summed E-state index contributed by atoms with van der Waals surface area (Å²) in [4.78, 5) is 2.98. The lowest BCUT2D eigenvalue weighted by molar-refractivity contribution is 0.325. The minimum Gasteiger partial charge on any atom is -0.501 e. The number of ether oxygens (including phenoxy) is 3. The van der Waals surface area contributed by atoms with Crippen LogP contribution in [-0.2, 0) is 0 Å². The SMILES string of the molecule is COc1ccc(-c2ccc([N+]#N)c(O)c2)c(OC)c1OC. The third-order valence-electron chi connectivity index (χ3n) is 3.10. The highest BCUT2D eigenvalue weighted by Gasteiger charge is 2.19. The molecular weight excluding hydrogens is 272 g/mol. The van der Waals surface area contributed by atoms with Crippen LogP contribution in [0.25, 0.3) is 16.1 Å². The fourth-order valence-corrected chi connectivity index (χ4v) is 2.10. The minimum atomic E-state index is -0.133. The van der Waals surface area contributed by atoms with Gasteiger partial charge in [0.25, 0.3) is 0 Å². The molecule has 0 saturated heterocycles. The third kappa shape index (κ3) is 2.54. The molecule has 6 heteroatoms. The molecule has 0 aliphatic heterocycles. The van der Waals surface area contributed by atoms with Gasteiger partial charge in [0, 0.05) is 11.6 Å². The molecule has 0 saturated carbocycles. The average molecular weight is 287 g/mol. The normalized spacial score (nSPS) is 9.81. The summed E-state index contributed by atoms with van der Waals surface area (Å²) in [6.45, 7) is 0. The molecule has 0 bridgehead atoms. The summed E-state index contributed by atoms with van der Waals surface area (Å²) >= 11 is 0. The molecule has 0 radical (unpaired) electrons. The van der Waals surface area contributed by atoms with Crippen LogP contribution >= 0.6 is 0 Å². The largest absolute Gasteiger partial charge is 0.501 e. The molecule has 0 heterocycles. The Morgan fingerprint density at radius 3 is 2.19 bits per heavy atom. The first-order valence-corrected chi connectivity index (χ1v) is 6.13. The van der Waals surface area contributed by atoms with Crippen molar-refractivity contribution in [2.24, 2.45) is 0 Å². The molecule has 0 aliphatic rings. The zero-order valence-electron chi connectivity index (χ0n) is 12.0. The fraction of sp³-hybridized carbons (Fsp3) is 0.200. The van der Waals surface area contributed by atoms with Crippen LogP contribution in [0.15, 0.2) is 30.3 Å². The van der Waals surface area contributed by atoms with Gasteiger partial charge in [-0.2, -0.15) is 0 Å². The van der Waals surface area contributed by atoms with Gasteiger partial charge in [0.2, 0.25) is 16.9 Å². The van der Waals surface area contributed by atoms with Crippen LogP contribution in [0.1, 0.15) is 0 Å². The van der Waals surface area contributed by atoms with E-state index in [1.165, 1.54) is 26.4 Å². The first-order valence-electron chi connectivity index (χ1n) is 6.13. The van der Waals surface area contributed by atoms with Crippen LogP contribution in [0.2, 0.25) is 0 Å². The van der Waals surface area contributed by atoms with Gasteiger partial charge in [-0.05, 0) is 29.8 Å². The topological polar surface area (TPSA) is 76.1 Å². The van der Waals surface area contributed by atoms with E-state index in [2.05, 4.69) is 4.98 Å². The molecule has 1 N–H and O–H groups in total. The lowest BCUT2D eigenvalue weighted by Crippen LogP contribution is -1.96. The molecule has 0 aromatic heterocycles. The van der Waals surface area contributed by atoms with Gasteiger partial charge in [-0.3, -0.25) is 0 Å². The van der Waals surface area contributed by atoms with Gasteiger partial charge in [-0.1, -0.05) is 0 Å². The highest BCUT2D eigenvalue weighted by atomic mass is 16.5. The molecule has 0 unspecified atom stereocenters. The van der Waals surface area contributed by atoms with Crippen LogP contribution in [0, 0.1) is 5.39 Å². The number of rotatable bonds is 4. The molecule has 2 aromatic rings. The van der Waals surface area contributed by atoms with Gasteiger partial charge in [-0.15, -0.1) is 0 Å². The van der Waals surface area contributed by atoms with Crippen molar-refractivity contribution in [2.45, 2.75) is 0 Å². The lowest BCUT2D eigenvalue weighted by Gasteiger charge is -2.15. The van der Waals surface area contributed by atoms with E-state index in [9.17, 15) is 5.11 Å². The van der Waals surface area contributed by atoms with Crippen molar-refractivity contribution in [3.05, 3.63) is 35.3 Å². The second kappa shape index (κ2) is 6.01. The van der Waals surface area contributed by atoms with Crippen molar-refractivity contribution in [3.63, 3.8) is 0 Å². The van der Waals surface area contributed by atoms with Crippen LogP contribution in [0.3, 0.4) is 0 Å². The van der Waals surface area contributed by atoms with Crippen LogP contribution in [0.5, 0.6) is 23.0 Å². The van der Waals surface area contributed by atoms with E-state index in [0.29, 0.717) is 22.8 Å². The van der Waals surface area contributed by atoms with Crippen molar-refractivity contribution in [1.29, 1.82) is 5.39 Å². The van der Waals surface area contributed by atoms with E-state index in [0.717, 1.165) is 5.56 Å². The lowest BCUT2D eigenvalue weighted by atomic mass is 10.0. The zero-order valence-corrected chi connectivity index (χ0v) is 12.0. The molecule has 0 atom stereocenters. The number of methoxy groups -OCH3 is 3. The van der Waals surface area contributed by atoms with Gasteiger partial charge in [0.05, 0.1) is 21.3 Å². The van der Waals surface area contributed by atoms with Crippen molar-refractivity contribution in [1.82, 2.24) is 0 Å². The molecule has 108 valence electrons. The summed E-state index contributed by atoms with van der Waals surface area (Å²) in [5, 5.41) is 18.5. The predicted octanol–water partition coefficient (Wildman–Crippen LogP) is 3.57. The summed E-state index contributed by atoms with van der Waals surface area (Å²) in [5.41, 5.74) is 1.51. The van der Waals surface area contributed by atoms with Gasteiger partial charge >= 0.3 is 5.69 Å². The number of diazo groups is 1. The summed E-state index contributed by atoms with van der Waals surface area (Å²) in [6.07, 6.45) is 0. The Labute approximate surface area is 122 Å². The van der Waals surface area contributed by atoms with Crippen molar-refractivity contribution < 1.29 is 19.3 Å². The predicted molar refractivity (Wildman–Crippen MR) is 77.9 cm³/mol. The number of hydrogen-bond acceptors (Lipinski definition) is 5. The van der Waals surface area contributed by atoms with Gasteiger partial charge < -0.3 is 19.3 Å². The standard InChI is InChI=1S/C15H14N2O4/c1-19-13-7-5-10(14(20-2)15(13)21-3)9-4-6-11(17-16)12(18)8-9/h4-8H,1-3H3/p+1. The summed E-state index contributed by atoms with van der Waals surface area (Å²) in [5.74, 6) is 1.37. The second-order valence-corrected chi connectivity index (χ2v) is 4.19.